The van der Waals surface area contributed by atoms with Crippen molar-refractivity contribution in [1.29, 1.82) is 0 Å². The zero-order chi connectivity index (χ0) is 23.4. The summed E-state index contributed by atoms with van der Waals surface area (Å²) >= 11 is 0. The van der Waals surface area contributed by atoms with Crippen molar-refractivity contribution in [2.24, 2.45) is 40.4 Å². The molecule has 0 fully saturated rings. The van der Waals surface area contributed by atoms with E-state index in [1.807, 2.05) is 0 Å². The molecule has 0 N–H and O–H groups in total. The molecule has 0 nitrogen and oxygen atoms in total. The molecule has 0 radical (unpaired) electrons. The molecule has 0 amide bonds. The summed E-state index contributed by atoms with van der Waals surface area (Å²) in [6, 6.07) is 0. The van der Waals surface area contributed by atoms with Crippen LogP contribution in [0.25, 0.3) is 0 Å². The van der Waals surface area contributed by atoms with Gasteiger partial charge in [-0.3, -0.25) is 0 Å². The monoisotopic (exact) mass is 420 g/mol. The Labute approximate surface area is 193 Å². The smallest absolute Gasteiger partial charge is 0.0325 e. The summed E-state index contributed by atoms with van der Waals surface area (Å²) in [5, 5.41) is 0. The molecule has 0 heteroatoms. The van der Waals surface area contributed by atoms with Crippen LogP contribution in [0.1, 0.15) is 140 Å². The Balaban J connectivity index is 3.84. The molecule has 0 bridgehead atoms. The maximum Gasteiger partial charge on any atom is -0.0325 e. The lowest BCUT2D eigenvalue weighted by Crippen LogP contribution is -2.19. The van der Waals surface area contributed by atoms with E-state index in [9.17, 15) is 0 Å². The van der Waals surface area contributed by atoms with Crippen molar-refractivity contribution in [2.75, 3.05) is 0 Å². The highest BCUT2D eigenvalue weighted by Crippen LogP contribution is 2.35. The fourth-order valence-electron chi connectivity index (χ4n) is 4.75. The van der Waals surface area contributed by atoms with E-state index in [1.165, 1.54) is 64.2 Å². The number of hydrogen-bond acceptors (Lipinski definition) is 0. The first kappa shape index (κ1) is 29.7. The van der Waals surface area contributed by atoms with Gasteiger partial charge in [0, 0.05) is 0 Å². The molecule has 0 spiro atoms. The molecule has 4 atom stereocenters. The maximum absolute atomic E-state index is 2.49. The van der Waals surface area contributed by atoms with Gasteiger partial charge in [-0.2, -0.15) is 0 Å². The van der Waals surface area contributed by atoms with Crippen LogP contribution >= 0.6 is 0 Å². The molecule has 0 aliphatic heterocycles. The topological polar surface area (TPSA) is 0 Å². The molecule has 0 aromatic heterocycles. The molecule has 0 aromatic rings. The highest BCUT2D eigenvalue weighted by molar-refractivity contribution is 4.84. The molecule has 0 saturated carbocycles. The fourth-order valence-corrected chi connectivity index (χ4v) is 4.75. The highest BCUT2D eigenvalue weighted by Gasteiger charge is 2.23. The van der Waals surface area contributed by atoms with Crippen LogP contribution in [-0.2, 0) is 0 Å². The Bertz CT molecular complexity index is 433. The molecule has 0 saturated heterocycles. The third kappa shape index (κ3) is 15.5. The first-order valence-corrected chi connectivity index (χ1v) is 13.4. The molecule has 0 heterocycles. The van der Waals surface area contributed by atoms with Crippen LogP contribution in [0.2, 0.25) is 0 Å². The van der Waals surface area contributed by atoms with Crippen molar-refractivity contribution in [3.8, 4) is 0 Å². The van der Waals surface area contributed by atoms with E-state index in [2.05, 4.69) is 88.3 Å². The van der Waals surface area contributed by atoms with Crippen LogP contribution in [0, 0.1) is 40.4 Å². The van der Waals surface area contributed by atoms with Gasteiger partial charge in [0.2, 0.25) is 0 Å². The second-order valence-electron chi connectivity index (χ2n) is 13.2. The molecule has 0 aromatic carbocycles. The average molecular weight is 421 g/mol. The second kappa shape index (κ2) is 14.7. The van der Waals surface area contributed by atoms with Crippen molar-refractivity contribution < 1.29 is 0 Å². The van der Waals surface area contributed by atoms with Gasteiger partial charge in [-0.1, -0.05) is 108 Å². The van der Waals surface area contributed by atoms with Gasteiger partial charge in [-0.25, -0.2) is 0 Å². The number of allylic oxidation sites excluding steroid dienone is 2. The molecule has 0 aliphatic rings. The van der Waals surface area contributed by atoms with E-state index in [-0.39, 0.29) is 0 Å². The van der Waals surface area contributed by atoms with Gasteiger partial charge < -0.3 is 0 Å². The van der Waals surface area contributed by atoms with Gasteiger partial charge in [-0.05, 0) is 85.4 Å². The van der Waals surface area contributed by atoms with Crippen molar-refractivity contribution >= 4 is 0 Å². The van der Waals surface area contributed by atoms with E-state index < -0.39 is 0 Å². The molecular weight excluding hydrogens is 360 g/mol. The number of hydrogen-bond donors (Lipinski definition) is 0. The van der Waals surface area contributed by atoms with Gasteiger partial charge in [0.15, 0.2) is 0 Å². The fraction of sp³-hybridized carbons (Fsp3) is 0.933. The first-order chi connectivity index (χ1) is 13.7. The Hall–Kier alpha value is -0.260. The first-order valence-electron chi connectivity index (χ1n) is 13.4. The largest absolute Gasteiger partial charge is 0.0885 e. The van der Waals surface area contributed by atoms with Crippen molar-refractivity contribution in [2.45, 2.75) is 140 Å². The summed E-state index contributed by atoms with van der Waals surface area (Å²) in [6.07, 6.45) is 18.5. The van der Waals surface area contributed by atoms with Crippen LogP contribution < -0.4 is 0 Å². The highest BCUT2D eigenvalue weighted by atomic mass is 14.3. The Kier molecular flexibility index (Phi) is 14.6. The normalized spacial score (nSPS) is 17.5. The van der Waals surface area contributed by atoms with Crippen LogP contribution in [0.15, 0.2) is 12.2 Å². The molecular formula is C30H60. The summed E-state index contributed by atoms with van der Waals surface area (Å²) in [4.78, 5) is 0. The number of rotatable bonds is 16. The lowest BCUT2D eigenvalue weighted by molar-refractivity contribution is 0.215. The van der Waals surface area contributed by atoms with E-state index in [0.29, 0.717) is 10.8 Å². The average Bonchev–Trinajstić information content (AvgIpc) is 2.58. The molecule has 180 valence electrons. The van der Waals surface area contributed by atoms with Crippen LogP contribution in [0.4, 0.5) is 0 Å². The summed E-state index contributed by atoms with van der Waals surface area (Å²) < 4.78 is 0. The van der Waals surface area contributed by atoms with Gasteiger partial charge in [-0.15, -0.1) is 0 Å². The third-order valence-corrected chi connectivity index (χ3v) is 7.73. The summed E-state index contributed by atoms with van der Waals surface area (Å²) in [7, 11) is 0. The van der Waals surface area contributed by atoms with E-state index in [0.717, 1.165) is 29.6 Å². The SMILES string of the molecule is CC(C/C=C/CCCCCCC(C)(C)CC(C)CC(C)C(C)C)CC(C)C(C)(C)C. The quantitative estimate of drug-likeness (QED) is 0.172. The molecule has 0 rings (SSSR count). The zero-order valence-corrected chi connectivity index (χ0v) is 23.1. The van der Waals surface area contributed by atoms with Crippen molar-refractivity contribution in [3.63, 3.8) is 0 Å². The van der Waals surface area contributed by atoms with Gasteiger partial charge >= 0.3 is 0 Å². The minimum atomic E-state index is 0.442. The van der Waals surface area contributed by atoms with Crippen LogP contribution in [0.3, 0.4) is 0 Å². The predicted octanol–water partition coefficient (Wildman–Crippen LogP) is 10.7. The lowest BCUT2D eigenvalue weighted by Gasteiger charge is -2.30. The number of unbranched alkanes of at least 4 members (excludes halogenated alkanes) is 4. The van der Waals surface area contributed by atoms with Crippen LogP contribution in [0.5, 0.6) is 0 Å². The summed E-state index contributed by atoms with van der Waals surface area (Å²) in [5.74, 6) is 4.14. The Morgan fingerprint density at radius 2 is 1.27 bits per heavy atom. The van der Waals surface area contributed by atoms with E-state index in [4.69, 9.17) is 0 Å². The Morgan fingerprint density at radius 3 is 1.83 bits per heavy atom. The van der Waals surface area contributed by atoms with Gasteiger partial charge in [0.05, 0.1) is 0 Å². The maximum atomic E-state index is 2.49. The minimum Gasteiger partial charge on any atom is -0.0885 e. The lowest BCUT2D eigenvalue weighted by atomic mass is 9.76. The molecule has 30 heavy (non-hydrogen) atoms. The van der Waals surface area contributed by atoms with Gasteiger partial charge in [0.1, 0.15) is 0 Å². The van der Waals surface area contributed by atoms with Crippen molar-refractivity contribution in [1.82, 2.24) is 0 Å². The second-order valence-corrected chi connectivity index (χ2v) is 13.2. The summed E-state index contributed by atoms with van der Waals surface area (Å²) in [6.45, 7) is 26.6. The Morgan fingerprint density at radius 1 is 0.667 bits per heavy atom. The zero-order valence-electron chi connectivity index (χ0n) is 23.1. The molecule has 4 unspecified atom stereocenters. The van der Waals surface area contributed by atoms with E-state index in [1.54, 1.807) is 0 Å². The third-order valence-electron chi connectivity index (χ3n) is 7.73. The summed E-state index contributed by atoms with van der Waals surface area (Å²) in [5.41, 5.74) is 0.952. The van der Waals surface area contributed by atoms with Crippen LogP contribution in [-0.4, -0.2) is 0 Å². The predicted molar refractivity (Wildman–Crippen MR) is 140 cm³/mol. The van der Waals surface area contributed by atoms with Crippen molar-refractivity contribution in [3.05, 3.63) is 12.2 Å². The molecule has 0 aliphatic carbocycles. The standard InChI is InChI=1S/C30H60/c1-24(2)27(5)21-26(4)23-30(10,11)20-18-16-14-12-13-15-17-19-25(3)22-28(6)29(7,8)9/h15,17,24-28H,12-14,16,18-23H2,1-11H3/b17-15+. The minimum absolute atomic E-state index is 0.442. The van der Waals surface area contributed by atoms with Gasteiger partial charge in [0.25, 0.3) is 0 Å². The van der Waals surface area contributed by atoms with E-state index >= 15 is 0 Å².